The molecule has 0 saturated carbocycles. The molecule has 0 fully saturated rings. The monoisotopic (exact) mass is 175 g/mol. The van der Waals surface area contributed by atoms with Crippen molar-refractivity contribution in [2.75, 3.05) is 26.4 Å². The first kappa shape index (κ1) is 11.2. The molecular formula is C8H17NO3. The topological polar surface area (TPSA) is 47.6 Å². The summed E-state index contributed by atoms with van der Waals surface area (Å²) in [5.41, 5.74) is 0. The average molecular weight is 175 g/mol. The third-order valence-electron chi connectivity index (χ3n) is 1.18. The van der Waals surface area contributed by atoms with Crippen LogP contribution in [0.1, 0.15) is 20.3 Å². The number of carbonyl (C=O) groups is 1. The second-order valence-corrected chi connectivity index (χ2v) is 2.26. The Morgan fingerprint density at radius 2 is 2.08 bits per heavy atom. The highest BCUT2D eigenvalue weighted by molar-refractivity contribution is 5.66. The summed E-state index contributed by atoms with van der Waals surface area (Å²) >= 11 is 0. The molecule has 72 valence electrons. The molecule has 0 aliphatic rings. The van der Waals surface area contributed by atoms with E-state index in [1.807, 2.05) is 13.8 Å². The summed E-state index contributed by atoms with van der Waals surface area (Å²) in [5, 5.41) is 2.59. The average Bonchev–Trinajstić information content (AvgIpc) is 2.09. The molecule has 0 aliphatic carbocycles. The van der Waals surface area contributed by atoms with Gasteiger partial charge < -0.3 is 14.8 Å². The van der Waals surface area contributed by atoms with E-state index >= 15 is 0 Å². The van der Waals surface area contributed by atoms with Gasteiger partial charge in [0, 0.05) is 13.2 Å². The molecule has 0 bridgehead atoms. The van der Waals surface area contributed by atoms with Crippen molar-refractivity contribution in [3.8, 4) is 0 Å². The Labute approximate surface area is 73.2 Å². The molecule has 0 spiro atoms. The third kappa shape index (κ3) is 7.34. The van der Waals surface area contributed by atoms with Crippen LogP contribution in [-0.2, 0) is 9.47 Å². The molecule has 0 rings (SSSR count). The minimum absolute atomic E-state index is 0.323. The first-order valence-electron chi connectivity index (χ1n) is 4.29. The molecule has 0 aromatic heterocycles. The Morgan fingerprint density at radius 1 is 1.33 bits per heavy atom. The highest BCUT2D eigenvalue weighted by atomic mass is 16.6. The van der Waals surface area contributed by atoms with Crippen LogP contribution >= 0.6 is 0 Å². The van der Waals surface area contributed by atoms with Gasteiger partial charge in [-0.2, -0.15) is 0 Å². The van der Waals surface area contributed by atoms with Crippen molar-refractivity contribution in [1.29, 1.82) is 0 Å². The smallest absolute Gasteiger partial charge is 0.407 e. The van der Waals surface area contributed by atoms with Gasteiger partial charge in [-0.25, -0.2) is 4.79 Å². The Morgan fingerprint density at radius 3 is 2.67 bits per heavy atom. The summed E-state index contributed by atoms with van der Waals surface area (Å²) in [5.74, 6) is 0. The summed E-state index contributed by atoms with van der Waals surface area (Å²) < 4.78 is 9.75. The number of alkyl carbamates (subject to hydrolysis) is 1. The minimum atomic E-state index is -0.364. The molecule has 4 nitrogen and oxygen atoms in total. The molecule has 0 saturated heterocycles. The molecule has 0 radical (unpaired) electrons. The van der Waals surface area contributed by atoms with E-state index in [4.69, 9.17) is 9.47 Å². The van der Waals surface area contributed by atoms with Crippen LogP contribution < -0.4 is 5.32 Å². The van der Waals surface area contributed by atoms with Crippen molar-refractivity contribution in [2.24, 2.45) is 0 Å². The van der Waals surface area contributed by atoms with Gasteiger partial charge in [-0.1, -0.05) is 6.92 Å². The lowest BCUT2D eigenvalue weighted by molar-refractivity contribution is 0.0789. The van der Waals surface area contributed by atoms with E-state index in [0.29, 0.717) is 26.4 Å². The van der Waals surface area contributed by atoms with Crippen LogP contribution in [0.25, 0.3) is 0 Å². The van der Waals surface area contributed by atoms with Gasteiger partial charge in [-0.3, -0.25) is 0 Å². The molecule has 0 unspecified atom stereocenters. The molecule has 0 atom stereocenters. The van der Waals surface area contributed by atoms with E-state index in [1.165, 1.54) is 0 Å². The summed E-state index contributed by atoms with van der Waals surface area (Å²) in [6, 6.07) is 0. The zero-order chi connectivity index (χ0) is 9.23. The number of amides is 1. The van der Waals surface area contributed by atoms with Gasteiger partial charge in [0.2, 0.25) is 0 Å². The quantitative estimate of drug-likeness (QED) is 0.616. The molecule has 0 heterocycles. The van der Waals surface area contributed by atoms with Gasteiger partial charge in [0.25, 0.3) is 0 Å². The lowest BCUT2D eigenvalue weighted by Gasteiger charge is -2.05. The Kier molecular flexibility index (Phi) is 7.79. The van der Waals surface area contributed by atoms with Crippen molar-refractivity contribution in [3.63, 3.8) is 0 Å². The molecule has 0 aromatic rings. The van der Waals surface area contributed by atoms with Crippen LogP contribution in [0.15, 0.2) is 0 Å². The number of hydrogen-bond acceptors (Lipinski definition) is 3. The second kappa shape index (κ2) is 8.33. The van der Waals surface area contributed by atoms with Crippen LogP contribution in [0.3, 0.4) is 0 Å². The minimum Gasteiger partial charge on any atom is -0.447 e. The zero-order valence-electron chi connectivity index (χ0n) is 7.76. The van der Waals surface area contributed by atoms with Crippen LogP contribution in [0.4, 0.5) is 4.79 Å². The first-order chi connectivity index (χ1) is 5.81. The molecule has 12 heavy (non-hydrogen) atoms. The Bertz CT molecular complexity index is 117. The van der Waals surface area contributed by atoms with Gasteiger partial charge in [0.05, 0.1) is 6.61 Å². The van der Waals surface area contributed by atoms with E-state index in [0.717, 1.165) is 6.42 Å². The van der Waals surface area contributed by atoms with E-state index in [-0.39, 0.29) is 6.09 Å². The Balaban J connectivity index is 3.08. The predicted molar refractivity (Wildman–Crippen MR) is 46.1 cm³/mol. The molecule has 0 aliphatic heterocycles. The summed E-state index contributed by atoms with van der Waals surface area (Å²) in [7, 11) is 0. The van der Waals surface area contributed by atoms with Gasteiger partial charge in [-0.05, 0) is 13.3 Å². The maximum Gasteiger partial charge on any atom is 0.407 e. The van der Waals surface area contributed by atoms with Crippen LogP contribution in [0.5, 0.6) is 0 Å². The molecular weight excluding hydrogens is 158 g/mol. The van der Waals surface area contributed by atoms with E-state index in [2.05, 4.69) is 5.32 Å². The second-order valence-electron chi connectivity index (χ2n) is 2.26. The molecule has 0 aromatic carbocycles. The van der Waals surface area contributed by atoms with E-state index in [9.17, 15) is 4.79 Å². The van der Waals surface area contributed by atoms with Crippen LogP contribution in [0, 0.1) is 0 Å². The fourth-order valence-electron chi connectivity index (χ4n) is 0.616. The molecule has 1 N–H and O–H groups in total. The van der Waals surface area contributed by atoms with Crippen molar-refractivity contribution in [2.45, 2.75) is 20.3 Å². The fourth-order valence-corrected chi connectivity index (χ4v) is 0.616. The van der Waals surface area contributed by atoms with Crippen LogP contribution in [0.2, 0.25) is 0 Å². The first-order valence-corrected chi connectivity index (χ1v) is 4.29. The van der Waals surface area contributed by atoms with Gasteiger partial charge >= 0.3 is 6.09 Å². The number of ether oxygens (including phenoxy) is 2. The maximum absolute atomic E-state index is 10.8. The maximum atomic E-state index is 10.8. The number of hydrogen-bond donors (Lipinski definition) is 1. The lowest BCUT2D eigenvalue weighted by Crippen LogP contribution is -2.26. The highest BCUT2D eigenvalue weighted by Gasteiger charge is 1.98. The van der Waals surface area contributed by atoms with Crippen LogP contribution in [-0.4, -0.2) is 32.5 Å². The standard InChI is InChI=1S/C8H17NO3/c1-3-5-9-8(10)12-7-6-11-4-2/h3-7H2,1-2H3,(H,9,10). The number of carbonyl (C=O) groups excluding carboxylic acids is 1. The Hall–Kier alpha value is -0.770. The van der Waals surface area contributed by atoms with Crippen molar-refractivity contribution in [1.82, 2.24) is 5.32 Å². The van der Waals surface area contributed by atoms with E-state index in [1.54, 1.807) is 0 Å². The predicted octanol–water partition coefficient (Wildman–Crippen LogP) is 1.16. The van der Waals surface area contributed by atoms with Crippen molar-refractivity contribution in [3.05, 3.63) is 0 Å². The number of rotatable bonds is 6. The van der Waals surface area contributed by atoms with Gasteiger partial charge in [-0.15, -0.1) is 0 Å². The zero-order valence-corrected chi connectivity index (χ0v) is 7.76. The highest BCUT2D eigenvalue weighted by Crippen LogP contribution is 1.80. The number of nitrogens with one attached hydrogen (secondary N) is 1. The van der Waals surface area contributed by atoms with E-state index < -0.39 is 0 Å². The van der Waals surface area contributed by atoms with Gasteiger partial charge in [0.15, 0.2) is 0 Å². The molecule has 1 amide bonds. The van der Waals surface area contributed by atoms with Crippen molar-refractivity contribution >= 4 is 6.09 Å². The normalized spacial score (nSPS) is 9.50. The summed E-state index contributed by atoms with van der Waals surface area (Å²) in [6.07, 6.45) is 0.553. The summed E-state index contributed by atoms with van der Waals surface area (Å²) in [4.78, 5) is 10.8. The lowest BCUT2D eigenvalue weighted by atomic mass is 10.5. The fraction of sp³-hybridized carbons (Fsp3) is 0.875. The largest absolute Gasteiger partial charge is 0.447 e. The third-order valence-corrected chi connectivity index (χ3v) is 1.18. The van der Waals surface area contributed by atoms with Crippen molar-refractivity contribution < 1.29 is 14.3 Å². The SMILES string of the molecule is CCCNC(=O)OCCOCC. The molecule has 4 heteroatoms. The summed E-state index contributed by atoms with van der Waals surface area (Å²) in [6.45, 7) is 5.99. The van der Waals surface area contributed by atoms with Gasteiger partial charge in [0.1, 0.15) is 6.61 Å².